The number of carbonyl (C=O) groups is 1. The van der Waals surface area contributed by atoms with Crippen LogP contribution in [0.3, 0.4) is 0 Å². The van der Waals surface area contributed by atoms with E-state index in [-0.39, 0.29) is 5.91 Å². The summed E-state index contributed by atoms with van der Waals surface area (Å²) in [7, 11) is 1.72. The molecule has 0 radical (unpaired) electrons. The third-order valence-corrected chi connectivity index (χ3v) is 6.35. The first-order chi connectivity index (χ1) is 13.5. The second-order valence-electron chi connectivity index (χ2n) is 8.23. The molecule has 2 heterocycles. The molecule has 0 saturated carbocycles. The molecule has 2 aromatic rings. The molecule has 4 nitrogen and oxygen atoms in total. The van der Waals surface area contributed by atoms with E-state index in [0.717, 1.165) is 38.5 Å². The summed E-state index contributed by atoms with van der Waals surface area (Å²) in [6.07, 6.45) is 0. The molecule has 0 bridgehead atoms. The minimum atomic E-state index is 0.176. The van der Waals surface area contributed by atoms with E-state index in [9.17, 15) is 4.79 Å². The van der Waals surface area contributed by atoms with Gasteiger partial charge in [0, 0.05) is 50.4 Å². The van der Waals surface area contributed by atoms with Crippen LogP contribution in [0.1, 0.15) is 37.1 Å². The van der Waals surface area contributed by atoms with Gasteiger partial charge in [0.2, 0.25) is 5.91 Å². The molecule has 5 heteroatoms. The van der Waals surface area contributed by atoms with Gasteiger partial charge < -0.3 is 9.64 Å². The van der Waals surface area contributed by atoms with Crippen LogP contribution < -0.4 is 4.74 Å². The Hall–Kier alpha value is -1.85. The Morgan fingerprint density at radius 2 is 2.11 bits per heavy atom. The minimum Gasteiger partial charge on any atom is -0.497 e. The highest BCUT2D eigenvalue weighted by Crippen LogP contribution is 2.36. The summed E-state index contributed by atoms with van der Waals surface area (Å²) in [5.41, 5.74) is 1.31. The lowest BCUT2D eigenvalue weighted by molar-refractivity contribution is -0.130. The molecule has 2 atom stereocenters. The first-order valence-electron chi connectivity index (χ1n) is 10.1. The molecule has 1 saturated heterocycles. The van der Waals surface area contributed by atoms with E-state index in [2.05, 4.69) is 54.5 Å². The lowest BCUT2D eigenvalue weighted by atomic mass is 9.88. The van der Waals surface area contributed by atoms with E-state index in [1.54, 1.807) is 14.0 Å². The van der Waals surface area contributed by atoms with Crippen LogP contribution in [0.5, 0.6) is 5.75 Å². The molecular weight excluding hydrogens is 368 g/mol. The molecule has 0 spiro atoms. The van der Waals surface area contributed by atoms with Gasteiger partial charge in [-0.3, -0.25) is 9.69 Å². The summed E-state index contributed by atoms with van der Waals surface area (Å²) in [6.45, 7) is 10.7. The number of hydrogen-bond donors (Lipinski definition) is 0. The highest BCUT2D eigenvalue weighted by atomic mass is 32.1. The summed E-state index contributed by atoms with van der Waals surface area (Å²) in [6, 6.07) is 12.8. The summed E-state index contributed by atoms with van der Waals surface area (Å²) in [5.74, 6) is 2.38. The number of methoxy groups -OCH3 is 1. The number of carbonyl (C=O) groups excluding carboxylic acids is 1. The molecule has 1 aliphatic rings. The Balaban J connectivity index is 1.80. The van der Waals surface area contributed by atoms with Crippen molar-refractivity contribution in [3.63, 3.8) is 0 Å². The maximum absolute atomic E-state index is 12.2. The number of benzene rings is 1. The Kier molecular flexibility index (Phi) is 7.13. The SMILES string of the molecule is COc1cccc([C@@H]2CN(Cc3cccs3)C[C@@H]2CN(CC(C)C)C(C)=O)c1. The Labute approximate surface area is 173 Å². The number of nitrogens with zero attached hydrogens (tertiary/aromatic N) is 2. The van der Waals surface area contributed by atoms with Gasteiger partial charge in [0.25, 0.3) is 0 Å². The van der Waals surface area contributed by atoms with E-state index < -0.39 is 0 Å². The molecule has 0 unspecified atom stereocenters. The highest BCUT2D eigenvalue weighted by Gasteiger charge is 2.35. The third kappa shape index (κ3) is 5.36. The van der Waals surface area contributed by atoms with Crippen molar-refractivity contribution in [2.45, 2.75) is 33.2 Å². The topological polar surface area (TPSA) is 32.8 Å². The lowest BCUT2D eigenvalue weighted by Gasteiger charge is -2.29. The molecular formula is C23H32N2O2S. The standard InChI is InChI=1S/C23H32N2O2S/c1-17(2)12-25(18(3)26)14-20-13-24(15-22-9-6-10-28-22)16-23(20)19-7-5-8-21(11-19)27-4/h5-11,17,20,23H,12-16H2,1-4H3/t20-,23+/m1/s1. The lowest BCUT2D eigenvalue weighted by Crippen LogP contribution is -2.38. The van der Waals surface area contributed by atoms with Gasteiger partial charge in [-0.1, -0.05) is 32.0 Å². The molecule has 152 valence electrons. The van der Waals surface area contributed by atoms with Gasteiger partial charge in [0.15, 0.2) is 0 Å². The first-order valence-corrected chi connectivity index (χ1v) is 11.0. The summed E-state index contributed by atoms with van der Waals surface area (Å²) >= 11 is 1.82. The smallest absolute Gasteiger partial charge is 0.219 e. The second-order valence-corrected chi connectivity index (χ2v) is 9.27. The summed E-state index contributed by atoms with van der Waals surface area (Å²) in [4.78, 5) is 18.2. The van der Waals surface area contributed by atoms with Gasteiger partial charge >= 0.3 is 0 Å². The zero-order chi connectivity index (χ0) is 20.1. The van der Waals surface area contributed by atoms with Crippen LogP contribution in [0.2, 0.25) is 0 Å². The monoisotopic (exact) mass is 400 g/mol. The molecule has 1 aliphatic heterocycles. The average Bonchev–Trinajstić information content (AvgIpc) is 3.31. The van der Waals surface area contributed by atoms with Crippen molar-refractivity contribution < 1.29 is 9.53 Å². The summed E-state index contributed by atoms with van der Waals surface area (Å²) in [5, 5.41) is 2.14. The number of amides is 1. The van der Waals surface area contributed by atoms with Crippen molar-refractivity contribution in [1.29, 1.82) is 0 Å². The van der Waals surface area contributed by atoms with Crippen LogP contribution in [0.15, 0.2) is 41.8 Å². The van der Waals surface area contributed by atoms with Gasteiger partial charge in [-0.15, -0.1) is 11.3 Å². The van der Waals surface area contributed by atoms with E-state index in [1.807, 2.05) is 22.3 Å². The van der Waals surface area contributed by atoms with Gasteiger partial charge in [0.1, 0.15) is 5.75 Å². The highest BCUT2D eigenvalue weighted by molar-refractivity contribution is 7.09. The van der Waals surface area contributed by atoms with Crippen molar-refractivity contribution in [3.05, 3.63) is 52.2 Å². The number of hydrogen-bond acceptors (Lipinski definition) is 4. The van der Waals surface area contributed by atoms with Gasteiger partial charge in [-0.25, -0.2) is 0 Å². The fourth-order valence-corrected chi connectivity index (χ4v) is 4.95. The Bertz CT molecular complexity index is 760. The van der Waals surface area contributed by atoms with Crippen LogP contribution in [-0.2, 0) is 11.3 Å². The molecule has 1 aromatic carbocycles. The predicted octanol–water partition coefficient (Wildman–Crippen LogP) is 4.48. The number of likely N-dealkylation sites (tertiary alicyclic amines) is 1. The van der Waals surface area contributed by atoms with Gasteiger partial charge in [0.05, 0.1) is 7.11 Å². The van der Waals surface area contributed by atoms with E-state index in [0.29, 0.717) is 17.8 Å². The van der Waals surface area contributed by atoms with E-state index in [1.165, 1.54) is 10.4 Å². The van der Waals surface area contributed by atoms with E-state index in [4.69, 9.17) is 4.74 Å². The molecule has 3 rings (SSSR count). The van der Waals surface area contributed by atoms with Crippen LogP contribution in [0.25, 0.3) is 0 Å². The largest absolute Gasteiger partial charge is 0.497 e. The number of thiophene rings is 1. The average molecular weight is 401 g/mol. The maximum Gasteiger partial charge on any atom is 0.219 e. The van der Waals surface area contributed by atoms with Crippen LogP contribution in [0, 0.1) is 11.8 Å². The zero-order valence-electron chi connectivity index (χ0n) is 17.4. The number of rotatable bonds is 8. The fourth-order valence-electron chi connectivity index (χ4n) is 4.20. The van der Waals surface area contributed by atoms with Gasteiger partial charge in [-0.05, 0) is 41.0 Å². The van der Waals surface area contributed by atoms with Crippen LogP contribution in [-0.4, -0.2) is 49.0 Å². The molecule has 1 aromatic heterocycles. The number of ether oxygens (including phenoxy) is 1. The van der Waals surface area contributed by atoms with Crippen LogP contribution in [0.4, 0.5) is 0 Å². The molecule has 0 N–H and O–H groups in total. The predicted molar refractivity (Wildman–Crippen MR) is 116 cm³/mol. The van der Waals surface area contributed by atoms with Crippen molar-refractivity contribution in [2.24, 2.45) is 11.8 Å². The quantitative estimate of drug-likeness (QED) is 0.655. The minimum absolute atomic E-state index is 0.176. The van der Waals surface area contributed by atoms with Crippen molar-refractivity contribution >= 4 is 17.2 Å². The molecule has 1 fully saturated rings. The van der Waals surface area contributed by atoms with Crippen molar-refractivity contribution in [3.8, 4) is 5.75 Å². The van der Waals surface area contributed by atoms with Crippen molar-refractivity contribution in [2.75, 3.05) is 33.3 Å². The molecule has 0 aliphatic carbocycles. The van der Waals surface area contributed by atoms with Crippen LogP contribution >= 0.6 is 11.3 Å². The Morgan fingerprint density at radius 1 is 1.29 bits per heavy atom. The second kappa shape index (κ2) is 9.57. The molecule has 28 heavy (non-hydrogen) atoms. The summed E-state index contributed by atoms with van der Waals surface area (Å²) < 4.78 is 5.46. The fraction of sp³-hybridized carbons (Fsp3) is 0.522. The van der Waals surface area contributed by atoms with Gasteiger partial charge in [-0.2, -0.15) is 0 Å². The van der Waals surface area contributed by atoms with Crippen molar-refractivity contribution in [1.82, 2.24) is 9.80 Å². The third-order valence-electron chi connectivity index (χ3n) is 5.48. The molecule has 1 amide bonds. The zero-order valence-corrected chi connectivity index (χ0v) is 18.2. The Morgan fingerprint density at radius 3 is 2.75 bits per heavy atom. The normalized spacial score (nSPS) is 19.9. The van der Waals surface area contributed by atoms with E-state index >= 15 is 0 Å². The first kappa shape index (κ1) is 20.9. The maximum atomic E-state index is 12.2.